The summed E-state index contributed by atoms with van der Waals surface area (Å²) in [6.45, 7) is 1.83. The number of nitrogens with one attached hydrogen (secondary N) is 1. The molecule has 1 spiro atoms. The lowest BCUT2D eigenvalue weighted by Gasteiger charge is -2.48. The quantitative estimate of drug-likeness (QED) is 0.819. The van der Waals surface area contributed by atoms with E-state index in [-0.39, 0.29) is 5.91 Å². The standard InChI is InChI=1S/C17H19BrN2O/c18-12-2-3-15-13(10-12)14(11-19-15)16(21)20-8-6-17(7-9-20)4-1-5-17/h2-3,10-11,19H,1,4-9H2. The molecule has 21 heavy (non-hydrogen) atoms. The second-order valence-corrected chi connectivity index (χ2v) is 7.45. The van der Waals surface area contributed by atoms with Gasteiger partial charge in [0.05, 0.1) is 5.56 Å². The van der Waals surface area contributed by atoms with Crippen LogP contribution in [0.25, 0.3) is 10.9 Å². The zero-order valence-electron chi connectivity index (χ0n) is 12.0. The predicted octanol–water partition coefficient (Wildman–Crippen LogP) is 4.34. The van der Waals surface area contributed by atoms with Gasteiger partial charge < -0.3 is 9.88 Å². The number of benzene rings is 1. The van der Waals surface area contributed by atoms with Crippen LogP contribution in [0.15, 0.2) is 28.9 Å². The average molecular weight is 347 g/mol. The minimum Gasteiger partial charge on any atom is -0.360 e. The first-order valence-electron chi connectivity index (χ1n) is 7.73. The number of H-pyrrole nitrogens is 1. The average Bonchev–Trinajstić information content (AvgIpc) is 2.88. The Kier molecular flexibility index (Phi) is 3.10. The highest BCUT2D eigenvalue weighted by Gasteiger charge is 2.40. The lowest BCUT2D eigenvalue weighted by atomic mass is 9.63. The van der Waals surface area contributed by atoms with E-state index < -0.39 is 0 Å². The van der Waals surface area contributed by atoms with E-state index in [0.717, 1.165) is 34.0 Å². The molecule has 2 fully saturated rings. The van der Waals surface area contributed by atoms with Crippen molar-refractivity contribution in [3.8, 4) is 0 Å². The molecule has 1 saturated carbocycles. The SMILES string of the molecule is O=C(c1c[nH]c2ccc(Br)cc12)N1CCC2(CCC2)CC1. The zero-order chi connectivity index (χ0) is 14.4. The fourth-order valence-corrected chi connectivity index (χ4v) is 4.16. The molecule has 110 valence electrons. The fraction of sp³-hybridized carbons (Fsp3) is 0.471. The summed E-state index contributed by atoms with van der Waals surface area (Å²) in [5, 5.41) is 1.01. The van der Waals surface area contributed by atoms with Crippen molar-refractivity contribution in [1.82, 2.24) is 9.88 Å². The van der Waals surface area contributed by atoms with Crippen LogP contribution in [0.3, 0.4) is 0 Å². The molecular weight excluding hydrogens is 328 g/mol. The van der Waals surface area contributed by atoms with Gasteiger partial charge in [0.1, 0.15) is 0 Å². The lowest BCUT2D eigenvalue weighted by Crippen LogP contribution is -2.45. The van der Waals surface area contributed by atoms with Crippen LogP contribution >= 0.6 is 15.9 Å². The van der Waals surface area contributed by atoms with Gasteiger partial charge in [0.2, 0.25) is 0 Å². The molecular formula is C17H19BrN2O. The van der Waals surface area contributed by atoms with E-state index in [1.807, 2.05) is 29.3 Å². The molecule has 4 heteroatoms. The van der Waals surface area contributed by atoms with E-state index in [1.54, 1.807) is 0 Å². The van der Waals surface area contributed by atoms with Gasteiger partial charge in [0.15, 0.2) is 0 Å². The van der Waals surface area contributed by atoms with Crippen LogP contribution in [-0.4, -0.2) is 28.9 Å². The summed E-state index contributed by atoms with van der Waals surface area (Å²) < 4.78 is 1.01. The summed E-state index contributed by atoms with van der Waals surface area (Å²) in [7, 11) is 0. The van der Waals surface area contributed by atoms with Crippen molar-refractivity contribution in [2.24, 2.45) is 5.41 Å². The number of fused-ring (bicyclic) bond motifs is 1. The molecule has 1 amide bonds. The molecule has 0 unspecified atom stereocenters. The van der Waals surface area contributed by atoms with Gasteiger partial charge >= 0.3 is 0 Å². The van der Waals surface area contributed by atoms with Gasteiger partial charge in [-0.1, -0.05) is 22.4 Å². The van der Waals surface area contributed by atoms with E-state index in [1.165, 1.54) is 32.1 Å². The first-order valence-corrected chi connectivity index (χ1v) is 8.52. The summed E-state index contributed by atoms with van der Waals surface area (Å²) in [5.74, 6) is 0.175. The highest BCUT2D eigenvalue weighted by Crippen LogP contribution is 2.48. The van der Waals surface area contributed by atoms with E-state index >= 15 is 0 Å². The number of carbonyl (C=O) groups excluding carboxylic acids is 1. The first kappa shape index (κ1) is 13.4. The molecule has 2 heterocycles. The van der Waals surface area contributed by atoms with Crippen LogP contribution in [0.4, 0.5) is 0 Å². The summed E-state index contributed by atoms with van der Waals surface area (Å²) in [5.41, 5.74) is 2.41. The number of nitrogens with zero attached hydrogens (tertiary/aromatic N) is 1. The fourth-order valence-electron chi connectivity index (χ4n) is 3.80. The predicted molar refractivity (Wildman–Crippen MR) is 87.4 cm³/mol. The third kappa shape index (κ3) is 2.20. The Morgan fingerprint density at radius 3 is 2.62 bits per heavy atom. The van der Waals surface area contributed by atoms with Gasteiger partial charge in [-0.25, -0.2) is 0 Å². The van der Waals surface area contributed by atoms with Gasteiger partial charge in [-0.15, -0.1) is 0 Å². The largest absolute Gasteiger partial charge is 0.360 e. The van der Waals surface area contributed by atoms with Gasteiger partial charge in [0.25, 0.3) is 5.91 Å². The highest BCUT2D eigenvalue weighted by atomic mass is 79.9. The number of piperidine rings is 1. The van der Waals surface area contributed by atoms with E-state index in [0.29, 0.717) is 5.41 Å². The van der Waals surface area contributed by atoms with Crippen molar-refractivity contribution in [2.45, 2.75) is 32.1 Å². The van der Waals surface area contributed by atoms with Crippen LogP contribution < -0.4 is 0 Å². The number of aromatic amines is 1. The Hall–Kier alpha value is -1.29. The van der Waals surface area contributed by atoms with Gasteiger partial charge in [-0.05, 0) is 49.3 Å². The maximum Gasteiger partial charge on any atom is 0.256 e. The Morgan fingerprint density at radius 2 is 1.95 bits per heavy atom. The van der Waals surface area contributed by atoms with Gasteiger partial charge in [-0.2, -0.15) is 0 Å². The van der Waals surface area contributed by atoms with Crippen LogP contribution in [0, 0.1) is 5.41 Å². The third-order valence-electron chi connectivity index (χ3n) is 5.40. The number of aromatic nitrogens is 1. The number of carbonyl (C=O) groups is 1. The lowest BCUT2D eigenvalue weighted by molar-refractivity contribution is 0.0288. The number of halogens is 1. The molecule has 0 radical (unpaired) electrons. The summed E-state index contributed by atoms with van der Waals surface area (Å²) in [4.78, 5) is 18.0. The van der Waals surface area contributed by atoms with E-state index in [2.05, 4.69) is 20.9 Å². The van der Waals surface area contributed by atoms with Crippen molar-refractivity contribution in [2.75, 3.05) is 13.1 Å². The molecule has 1 aliphatic heterocycles. The minimum atomic E-state index is 0.175. The maximum absolute atomic E-state index is 12.8. The van der Waals surface area contributed by atoms with Crippen LogP contribution in [0.5, 0.6) is 0 Å². The molecule has 4 rings (SSSR count). The Bertz CT molecular complexity index is 692. The molecule has 1 aromatic carbocycles. The number of rotatable bonds is 1. The summed E-state index contributed by atoms with van der Waals surface area (Å²) in [6.07, 6.45) is 8.34. The number of amides is 1. The van der Waals surface area contributed by atoms with Crippen molar-refractivity contribution in [1.29, 1.82) is 0 Å². The molecule has 1 saturated heterocycles. The Morgan fingerprint density at radius 1 is 1.19 bits per heavy atom. The number of likely N-dealkylation sites (tertiary alicyclic amines) is 1. The summed E-state index contributed by atoms with van der Waals surface area (Å²) in [6, 6.07) is 6.03. The molecule has 3 nitrogen and oxygen atoms in total. The molecule has 1 N–H and O–H groups in total. The molecule has 1 aromatic heterocycles. The normalized spacial score (nSPS) is 20.7. The van der Waals surface area contributed by atoms with E-state index in [4.69, 9.17) is 0 Å². The van der Waals surface area contributed by atoms with Gasteiger partial charge in [0, 0.05) is 34.7 Å². The zero-order valence-corrected chi connectivity index (χ0v) is 13.6. The van der Waals surface area contributed by atoms with Crippen molar-refractivity contribution in [3.63, 3.8) is 0 Å². The van der Waals surface area contributed by atoms with Crippen molar-refractivity contribution >= 4 is 32.7 Å². The smallest absolute Gasteiger partial charge is 0.256 e. The van der Waals surface area contributed by atoms with Crippen LogP contribution in [0.2, 0.25) is 0 Å². The first-order chi connectivity index (χ1) is 10.2. The second kappa shape index (κ2) is 4.87. The molecule has 1 aliphatic carbocycles. The number of hydrogen-bond acceptors (Lipinski definition) is 1. The van der Waals surface area contributed by atoms with Crippen LogP contribution in [-0.2, 0) is 0 Å². The van der Waals surface area contributed by atoms with Crippen molar-refractivity contribution in [3.05, 3.63) is 34.4 Å². The highest BCUT2D eigenvalue weighted by molar-refractivity contribution is 9.10. The Balaban J connectivity index is 1.57. The summed E-state index contributed by atoms with van der Waals surface area (Å²) >= 11 is 3.49. The second-order valence-electron chi connectivity index (χ2n) is 6.54. The maximum atomic E-state index is 12.8. The monoisotopic (exact) mass is 346 g/mol. The van der Waals surface area contributed by atoms with E-state index in [9.17, 15) is 4.79 Å². The Labute approximate surface area is 132 Å². The number of hydrogen-bond donors (Lipinski definition) is 1. The van der Waals surface area contributed by atoms with Crippen molar-refractivity contribution < 1.29 is 4.79 Å². The molecule has 2 aromatic rings. The molecule has 0 bridgehead atoms. The molecule has 0 atom stereocenters. The third-order valence-corrected chi connectivity index (χ3v) is 5.89. The van der Waals surface area contributed by atoms with Gasteiger partial charge in [-0.3, -0.25) is 4.79 Å². The van der Waals surface area contributed by atoms with Crippen LogP contribution in [0.1, 0.15) is 42.5 Å². The minimum absolute atomic E-state index is 0.175. The molecule has 2 aliphatic rings. The topological polar surface area (TPSA) is 36.1 Å².